The Morgan fingerprint density at radius 1 is 1.39 bits per heavy atom. The molecule has 3 aromatic rings. The molecule has 0 saturated carbocycles. The Labute approximate surface area is 137 Å². The molecule has 23 heavy (non-hydrogen) atoms. The predicted octanol–water partition coefficient (Wildman–Crippen LogP) is 2.99. The van der Waals surface area contributed by atoms with Gasteiger partial charge in [-0.25, -0.2) is 0 Å². The van der Waals surface area contributed by atoms with Crippen LogP contribution in [-0.4, -0.2) is 15.6 Å². The monoisotopic (exact) mass is 325 g/mol. The first-order valence-corrected chi connectivity index (χ1v) is 7.87. The van der Waals surface area contributed by atoms with Crippen molar-refractivity contribution in [3.05, 3.63) is 45.6 Å². The van der Waals surface area contributed by atoms with Crippen LogP contribution >= 0.6 is 11.3 Å². The van der Waals surface area contributed by atoms with Gasteiger partial charge in [0, 0.05) is 6.07 Å². The van der Waals surface area contributed by atoms with Gasteiger partial charge in [0.25, 0.3) is 0 Å². The van der Waals surface area contributed by atoms with Gasteiger partial charge in [0.1, 0.15) is 0 Å². The zero-order valence-electron chi connectivity index (χ0n) is 13.1. The van der Waals surface area contributed by atoms with Crippen molar-refractivity contribution < 1.29 is 9.32 Å². The minimum absolute atomic E-state index is 0.125. The van der Waals surface area contributed by atoms with Gasteiger partial charge in [-0.2, -0.15) is 4.99 Å². The van der Waals surface area contributed by atoms with E-state index in [1.54, 1.807) is 13.0 Å². The maximum absolute atomic E-state index is 12.3. The number of amides is 1. The fraction of sp³-hybridized carbons (Fsp3) is 0.235. The number of benzene rings is 1. The highest BCUT2D eigenvalue weighted by Crippen LogP contribution is 2.23. The van der Waals surface area contributed by atoms with Gasteiger partial charge < -0.3 is 9.09 Å². The summed E-state index contributed by atoms with van der Waals surface area (Å²) in [6.45, 7) is 6.18. The minimum Gasteiger partial charge on any atom is -0.351 e. The summed E-state index contributed by atoms with van der Waals surface area (Å²) in [4.78, 5) is 17.0. The number of aryl methyl sites for hydroxylation is 3. The fourth-order valence-corrected chi connectivity index (χ4v) is 3.53. The van der Waals surface area contributed by atoms with Crippen molar-refractivity contribution in [2.45, 2.75) is 27.3 Å². The lowest BCUT2D eigenvalue weighted by atomic mass is 10.1. The standard InChI is InChI=1S/C17H15N3O2S/c1-5-6-20-13-8-10(2)7-11(3)15(13)23-17(20)18-16(21)14-9-12(4)19-22-14/h1,7-9H,6H2,2-4H3. The summed E-state index contributed by atoms with van der Waals surface area (Å²) in [6, 6.07) is 5.72. The summed E-state index contributed by atoms with van der Waals surface area (Å²) >= 11 is 1.45. The third-order valence-corrected chi connectivity index (χ3v) is 4.63. The maximum atomic E-state index is 12.3. The van der Waals surface area contributed by atoms with Crippen molar-refractivity contribution in [1.29, 1.82) is 0 Å². The molecule has 1 amide bonds. The third kappa shape index (κ3) is 2.83. The third-order valence-electron chi connectivity index (χ3n) is 3.40. The molecule has 0 N–H and O–H groups in total. The predicted molar refractivity (Wildman–Crippen MR) is 89.3 cm³/mol. The highest BCUT2D eigenvalue weighted by Gasteiger charge is 2.13. The number of carbonyl (C=O) groups excluding carboxylic acids is 1. The number of fused-ring (bicyclic) bond motifs is 1. The van der Waals surface area contributed by atoms with Gasteiger partial charge in [-0.1, -0.05) is 28.5 Å². The molecule has 0 unspecified atom stereocenters. The van der Waals surface area contributed by atoms with Crippen LogP contribution in [0.3, 0.4) is 0 Å². The summed E-state index contributed by atoms with van der Waals surface area (Å²) in [5.41, 5.74) is 3.91. The van der Waals surface area contributed by atoms with E-state index >= 15 is 0 Å². The Hall–Kier alpha value is -2.65. The summed E-state index contributed by atoms with van der Waals surface area (Å²) in [5, 5.41) is 3.71. The van der Waals surface area contributed by atoms with Crippen LogP contribution in [0.5, 0.6) is 0 Å². The molecule has 1 aromatic carbocycles. The van der Waals surface area contributed by atoms with E-state index in [9.17, 15) is 4.79 Å². The number of nitrogens with zero attached hydrogens (tertiary/aromatic N) is 3. The second kappa shape index (κ2) is 5.86. The normalized spacial score (nSPS) is 11.8. The minimum atomic E-state index is -0.461. The summed E-state index contributed by atoms with van der Waals surface area (Å²) < 4.78 is 7.93. The summed E-state index contributed by atoms with van der Waals surface area (Å²) in [7, 11) is 0. The zero-order valence-corrected chi connectivity index (χ0v) is 13.9. The quantitative estimate of drug-likeness (QED) is 0.681. The fourth-order valence-electron chi connectivity index (χ4n) is 2.45. The molecule has 0 aliphatic heterocycles. The Bertz CT molecular complexity index is 1010. The van der Waals surface area contributed by atoms with Crippen LogP contribution in [0.2, 0.25) is 0 Å². The van der Waals surface area contributed by atoms with Crippen LogP contribution in [-0.2, 0) is 6.54 Å². The number of hydrogen-bond donors (Lipinski definition) is 0. The van der Waals surface area contributed by atoms with Gasteiger partial charge in [-0.15, -0.1) is 6.42 Å². The molecular weight excluding hydrogens is 310 g/mol. The molecule has 0 bridgehead atoms. The van der Waals surface area contributed by atoms with Crippen LogP contribution in [0.25, 0.3) is 10.2 Å². The Morgan fingerprint density at radius 2 is 2.17 bits per heavy atom. The SMILES string of the molecule is C#CCn1c(=NC(=O)c2cc(C)no2)sc2c(C)cc(C)cc21. The van der Waals surface area contributed by atoms with Crippen LogP contribution in [0.1, 0.15) is 27.4 Å². The highest BCUT2D eigenvalue weighted by atomic mass is 32.1. The molecule has 0 atom stereocenters. The van der Waals surface area contributed by atoms with Gasteiger partial charge >= 0.3 is 5.91 Å². The van der Waals surface area contributed by atoms with E-state index < -0.39 is 5.91 Å². The molecule has 0 saturated heterocycles. The van der Waals surface area contributed by atoms with E-state index in [-0.39, 0.29) is 5.76 Å². The summed E-state index contributed by atoms with van der Waals surface area (Å²) in [5.74, 6) is 2.29. The molecule has 3 rings (SSSR count). The number of thiazole rings is 1. The van der Waals surface area contributed by atoms with Crippen molar-refractivity contribution >= 4 is 27.5 Å². The Morgan fingerprint density at radius 3 is 2.83 bits per heavy atom. The molecular formula is C17H15N3O2S. The van der Waals surface area contributed by atoms with E-state index in [2.05, 4.69) is 28.2 Å². The first-order chi connectivity index (χ1) is 11.0. The van der Waals surface area contributed by atoms with Crippen LogP contribution < -0.4 is 4.80 Å². The Balaban J connectivity index is 2.22. The van der Waals surface area contributed by atoms with Gasteiger partial charge in [0.2, 0.25) is 5.76 Å². The van der Waals surface area contributed by atoms with Crippen molar-refractivity contribution in [1.82, 2.24) is 9.72 Å². The zero-order chi connectivity index (χ0) is 16.6. The smallest absolute Gasteiger partial charge is 0.318 e. The molecule has 5 nitrogen and oxygen atoms in total. The van der Waals surface area contributed by atoms with E-state index in [1.165, 1.54) is 11.3 Å². The van der Waals surface area contributed by atoms with E-state index in [0.29, 0.717) is 17.0 Å². The molecule has 6 heteroatoms. The van der Waals surface area contributed by atoms with Crippen LogP contribution in [0.4, 0.5) is 0 Å². The largest absolute Gasteiger partial charge is 0.351 e. The molecule has 2 heterocycles. The highest BCUT2D eigenvalue weighted by molar-refractivity contribution is 7.16. The lowest BCUT2D eigenvalue weighted by Crippen LogP contribution is -2.16. The molecule has 0 aliphatic carbocycles. The van der Waals surface area contributed by atoms with Gasteiger partial charge in [-0.3, -0.25) is 4.79 Å². The number of rotatable bonds is 2. The van der Waals surface area contributed by atoms with E-state index in [4.69, 9.17) is 10.9 Å². The number of aromatic nitrogens is 2. The van der Waals surface area contributed by atoms with Crippen molar-refractivity contribution in [3.8, 4) is 12.3 Å². The molecule has 0 spiro atoms. The second-order valence-corrected chi connectivity index (χ2v) is 6.33. The number of terminal acetylenes is 1. The second-order valence-electron chi connectivity index (χ2n) is 5.35. The van der Waals surface area contributed by atoms with Crippen molar-refractivity contribution in [3.63, 3.8) is 0 Å². The molecule has 0 fully saturated rings. The number of hydrogen-bond acceptors (Lipinski definition) is 4. The van der Waals surface area contributed by atoms with E-state index in [1.807, 2.05) is 18.4 Å². The van der Waals surface area contributed by atoms with Gasteiger partial charge in [0.15, 0.2) is 4.80 Å². The molecule has 0 radical (unpaired) electrons. The number of carbonyl (C=O) groups is 1. The average molecular weight is 325 g/mol. The van der Waals surface area contributed by atoms with Crippen molar-refractivity contribution in [2.75, 3.05) is 0 Å². The van der Waals surface area contributed by atoms with Gasteiger partial charge in [-0.05, 0) is 38.0 Å². The van der Waals surface area contributed by atoms with E-state index in [0.717, 1.165) is 21.3 Å². The molecule has 2 aromatic heterocycles. The average Bonchev–Trinajstić information content (AvgIpc) is 3.05. The Kier molecular flexibility index (Phi) is 3.89. The molecule has 116 valence electrons. The topological polar surface area (TPSA) is 60.4 Å². The lowest BCUT2D eigenvalue weighted by molar-refractivity contribution is 0.0962. The first kappa shape index (κ1) is 15.3. The van der Waals surface area contributed by atoms with Crippen LogP contribution in [0.15, 0.2) is 27.7 Å². The lowest BCUT2D eigenvalue weighted by Gasteiger charge is -2.02. The van der Waals surface area contributed by atoms with Crippen molar-refractivity contribution in [2.24, 2.45) is 4.99 Å². The van der Waals surface area contributed by atoms with Gasteiger partial charge in [0.05, 0.1) is 22.5 Å². The summed E-state index contributed by atoms with van der Waals surface area (Å²) in [6.07, 6.45) is 5.48. The first-order valence-electron chi connectivity index (χ1n) is 7.06. The maximum Gasteiger partial charge on any atom is 0.318 e. The molecule has 0 aliphatic rings. The van der Waals surface area contributed by atoms with Crippen LogP contribution in [0, 0.1) is 33.1 Å².